The summed E-state index contributed by atoms with van der Waals surface area (Å²) in [7, 11) is 0. The number of nitro groups is 1. The number of nitro benzene ring substituents is 1. The molecule has 1 atom stereocenters. The standard InChI is InChI=1S/C15H24N2O3/c1-3-7-15(16-10-6-11-20-4-2)13-8-5-9-14(12-13)17(18)19/h5,8-9,12,15-16H,3-4,6-7,10-11H2,1-2H3. The van der Waals surface area contributed by atoms with Gasteiger partial charge in [0.15, 0.2) is 0 Å². The molecule has 5 heteroatoms. The van der Waals surface area contributed by atoms with Crippen molar-refractivity contribution in [1.82, 2.24) is 5.32 Å². The lowest BCUT2D eigenvalue weighted by Gasteiger charge is -2.18. The van der Waals surface area contributed by atoms with Crippen LogP contribution in [-0.2, 0) is 4.74 Å². The van der Waals surface area contributed by atoms with Gasteiger partial charge in [0.2, 0.25) is 0 Å². The van der Waals surface area contributed by atoms with Crippen LogP contribution in [0.2, 0.25) is 0 Å². The first-order chi connectivity index (χ1) is 9.69. The van der Waals surface area contributed by atoms with Gasteiger partial charge in [0.25, 0.3) is 5.69 Å². The molecule has 1 N–H and O–H groups in total. The summed E-state index contributed by atoms with van der Waals surface area (Å²) in [4.78, 5) is 10.5. The zero-order valence-corrected chi connectivity index (χ0v) is 12.3. The van der Waals surface area contributed by atoms with E-state index < -0.39 is 0 Å². The van der Waals surface area contributed by atoms with Crippen molar-refractivity contribution in [2.75, 3.05) is 19.8 Å². The van der Waals surface area contributed by atoms with Crippen LogP contribution in [0.1, 0.15) is 44.7 Å². The van der Waals surface area contributed by atoms with Crippen LogP contribution >= 0.6 is 0 Å². The zero-order valence-electron chi connectivity index (χ0n) is 12.3. The summed E-state index contributed by atoms with van der Waals surface area (Å²) in [6, 6.07) is 7.06. The Kier molecular flexibility index (Phi) is 7.84. The van der Waals surface area contributed by atoms with E-state index in [-0.39, 0.29) is 16.7 Å². The summed E-state index contributed by atoms with van der Waals surface area (Å²) in [5.74, 6) is 0. The summed E-state index contributed by atoms with van der Waals surface area (Å²) in [6.07, 6.45) is 2.95. The number of ether oxygens (including phenoxy) is 1. The average Bonchev–Trinajstić information content (AvgIpc) is 2.46. The average molecular weight is 280 g/mol. The largest absolute Gasteiger partial charge is 0.382 e. The highest BCUT2D eigenvalue weighted by Gasteiger charge is 2.13. The van der Waals surface area contributed by atoms with E-state index in [9.17, 15) is 10.1 Å². The Morgan fingerprint density at radius 3 is 2.85 bits per heavy atom. The number of hydrogen-bond donors (Lipinski definition) is 1. The van der Waals surface area contributed by atoms with Crippen molar-refractivity contribution < 1.29 is 9.66 Å². The van der Waals surface area contributed by atoms with Gasteiger partial charge in [0.1, 0.15) is 0 Å². The topological polar surface area (TPSA) is 64.4 Å². The Morgan fingerprint density at radius 2 is 2.20 bits per heavy atom. The molecule has 0 fully saturated rings. The molecule has 0 aliphatic heterocycles. The molecule has 1 aromatic carbocycles. The van der Waals surface area contributed by atoms with Gasteiger partial charge < -0.3 is 10.1 Å². The third-order valence-electron chi connectivity index (χ3n) is 3.12. The van der Waals surface area contributed by atoms with E-state index in [2.05, 4.69) is 12.2 Å². The van der Waals surface area contributed by atoms with Crippen molar-refractivity contribution in [1.29, 1.82) is 0 Å². The molecule has 1 aromatic rings. The van der Waals surface area contributed by atoms with Gasteiger partial charge in [-0.3, -0.25) is 10.1 Å². The molecule has 0 spiro atoms. The summed E-state index contributed by atoms with van der Waals surface area (Å²) in [5, 5.41) is 14.3. The van der Waals surface area contributed by atoms with Crippen molar-refractivity contribution in [3.05, 3.63) is 39.9 Å². The smallest absolute Gasteiger partial charge is 0.269 e. The summed E-state index contributed by atoms with van der Waals surface area (Å²) < 4.78 is 5.30. The summed E-state index contributed by atoms with van der Waals surface area (Å²) >= 11 is 0. The monoisotopic (exact) mass is 280 g/mol. The molecule has 0 saturated heterocycles. The van der Waals surface area contributed by atoms with Gasteiger partial charge in [-0.15, -0.1) is 0 Å². The highest BCUT2D eigenvalue weighted by molar-refractivity contribution is 5.35. The second-order valence-electron chi connectivity index (χ2n) is 4.70. The summed E-state index contributed by atoms with van der Waals surface area (Å²) in [6.45, 7) is 6.44. The number of hydrogen-bond acceptors (Lipinski definition) is 4. The Bertz CT molecular complexity index is 410. The van der Waals surface area contributed by atoms with Crippen LogP contribution in [0.15, 0.2) is 24.3 Å². The molecule has 0 bridgehead atoms. The second-order valence-corrected chi connectivity index (χ2v) is 4.70. The van der Waals surface area contributed by atoms with E-state index in [0.29, 0.717) is 0 Å². The second kappa shape index (κ2) is 9.44. The maximum absolute atomic E-state index is 10.8. The molecule has 1 unspecified atom stereocenters. The minimum atomic E-state index is -0.346. The maximum atomic E-state index is 10.8. The maximum Gasteiger partial charge on any atom is 0.269 e. The van der Waals surface area contributed by atoms with Crippen molar-refractivity contribution in [3.8, 4) is 0 Å². The lowest BCUT2D eigenvalue weighted by Crippen LogP contribution is -2.23. The zero-order chi connectivity index (χ0) is 14.8. The van der Waals surface area contributed by atoms with E-state index in [1.807, 2.05) is 13.0 Å². The molecule has 0 amide bonds. The van der Waals surface area contributed by atoms with Crippen LogP contribution < -0.4 is 5.32 Å². The molecule has 112 valence electrons. The predicted octanol–water partition coefficient (Wildman–Crippen LogP) is 3.45. The molecule has 0 saturated carbocycles. The van der Waals surface area contributed by atoms with E-state index in [4.69, 9.17) is 4.74 Å². The Balaban J connectivity index is 2.60. The third kappa shape index (κ3) is 5.67. The molecule has 20 heavy (non-hydrogen) atoms. The normalized spacial score (nSPS) is 12.3. The lowest BCUT2D eigenvalue weighted by atomic mass is 10.0. The molecule has 0 aromatic heterocycles. The Morgan fingerprint density at radius 1 is 1.40 bits per heavy atom. The molecule has 0 radical (unpaired) electrons. The SMILES string of the molecule is CCCC(NCCCOCC)c1cccc([N+](=O)[O-])c1. The third-order valence-corrected chi connectivity index (χ3v) is 3.12. The Hall–Kier alpha value is -1.46. The summed E-state index contributed by atoms with van der Waals surface area (Å²) in [5.41, 5.74) is 1.14. The van der Waals surface area contributed by atoms with Crippen LogP contribution in [-0.4, -0.2) is 24.7 Å². The van der Waals surface area contributed by atoms with E-state index in [1.165, 1.54) is 6.07 Å². The van der Waals surface area contributed by atoms with Crippen molar-refractivity contribution in [2.24, 2.45) is 0 Å². The van der Waals surface area contributed by atoms with Crippen LogP contribution in [0.25, 0.3) is 0 Å². The molecule has 0 heterocycles. The van der Waals surface area contributed by atoms with E-state index >= 15 is 0 Å². The minimum absolute atomic E-state index is 0.153. The van der Waals surface area contributed by atoms with Gasteiger partial charge in [-0.2, -0.15) is 0 Å². The van der Waals surface area contributed by atoms with Crippen molar-refractivity contribution >= 4 is 5.69 Å². The molecular weight excluding hydrogens is 256 g/mol. The fraction of sp³-hybridized carbons (Fsp3) is 0.600. The fourth-order valence-corrected chi connectivity index (χ4v) is 2.13. The van der Waals surface area contributed by atoms with E-state index in [1.54, 1.807) is 12.1 Å². The Labute approximate surface area is 120 Å². The molecular formula is C15H24N2O3. The van der Waals surface area contributed by atoms with Crippen LogP contribution in [0.5, 0.6) is 0 Å². The van der Waals surface area contributed by atoms with Crippen LogP contribution in [0, 0.1) is 10.1 Å². The first-order valence-corrected chi connectivity index (χ1v) is 7.24. The highest BCUT2D eigenvalue weighted by Crippen LogP contribution is 2.22. The molecule has 0 aliphatic carbocycles. The number of rotatable bonds is 10. The van der Waals surface area contributed by atoms with Crippen molar-refractivity contribution in [2.45, 2.75) is 39.2 Å². The lowest BCUT2D eigenvalue weighted by molar-refractivity contribution is -0.384. The molecule has 5 nitrogen and oxygen atoms in total. The van der Waals surface area contributed by atoms with Crippen molar-refractivity contribution in [3.63, 3.8) is 0 Å². The van der Waals surface area contributed by atoms with Gasteiger partial charge in [-0.25, -0.2) is 0 Å². The van der Waals surface area contributed by atoms with Gasteiger partial charge in [0.05, 0.1) is 4.92 Å². The highest BCUT2D eigenvalue weighted by atomic mass is 16.6. The van der Waals surface area contributed by atoms with Gasteiger partial charge >= 0.3 is 0 Å². The first-order valence-electron chi connectivity index (χ1n) is 7.24. The van der Waals surface area contributed by atoms with Gasteiger partial charge in [0, 0.05) is 31.4 Å². The quantitative estimate of drug-likeness (QED) is 0.405. The number of benzene rings is 1. The number of nitrogens with zero attached hydrogens (tertiary/aromatic N) is 1. The van der Waals surface area contributed by atoms with Crippen LogP contribution in [0.3, 0.4) is 0 Å². The first kappa shape index (κ1) is 16.6. The number of nitrogens with one attached hydrogen (secondary N) is 1. The number of non-ortho nitro benzene ring substituents is 1. The van der Waals surface area contributed by atoms with E-state index in [0.717, 1.165) is 44.6 Å². The van der Waals surface area contributed by atoms with Gasteiger partial charge in [-0.1, -0.05) is 25.5 Å². The molecule has 0 aliphatic rings. The predicted molar refractivity (Wildman–Crippen MR) is 79.9 cm³/mol. The molecule has 1 rings (SSSR count). The minimum Gasteiger partial charge on any atom is -0.382 e. The van der Waals surface area contributed by atoms with Gasteiger partial charge in [-0.05, 0) is 31.9 Å². The fourth-order valence-electron chi connectivity index (χ4n) is 2.13. The van der Waals surface area contributed by atoms with Crippen LogP contribution in [0.4, 0.5) is 5.69 Å².